The third-order valence-corrected chi connectivity index (χ3v) is 6.87. The predicted molar refractivity (Wildman–Crippen MR) is 112 cm³/mol. The number of rotatable bonds is 4. The number of aliphatic hydroxyl groups is 1. The maximum Gasteiger partial charge on any atom is 0.123 e. The van der Waals surface area contributed by atoms with Gasteiger partial charge in [-0.1, -0.05) is 0 Å². The molecule has 28 heavy (non-hydrogen) atoms. The van der Waals surface area contributed by atoms with E-state index in [0.717, 1.165) is 49.0 Å². The first-order valence-electron chi connectivity index (χ1n) is 9.09. The van der Waals surface area contributed by atoms with Crippen molar-refractivity contribution in [2.24, 2.45) is 11.8 Å². The van der Waals surface area contributed by atoms with Crippen molar-refractivity contribution in [3.05, 3.63) is 40.5 Å². The zero-order valence-electron chi connectivity index (χ0n) is 15.2. The topological polar surface area (TPSA) is 57.6 Å². The maximum atomic E-state index is 13.1. The number of aliphatic hydroxyl groups excluding tert-OH is 1. The Labute approximate surface area is 180 Å². The molecule has 2 bridgehead atoms. The zero-order valence-corrected chi connectivity index (χ0v) is 17.7. The average Bonchev–Trinajstić information content (AvgIpc) is 3.27. The fourth-order valence-electron chi connectivity index (χ4n) is 4.84. The van der Waals surface area contributed by atoms with Gasteiger partial charge in [-0.15, -0.1) is 36.2 Å². The summed E-state index contributed by atoms with van der Waals surface area (Å²) in [6, 6.07) is 6.46. The van der Waals surface area contributed by atoms with Crippen molar-refractivity contribution >= 4 is 36.2 Å². The van der Waals surface area contributed by atoms with Crippen LogP contribution in [-0.4, -0.2) is 59.5 Å². The molecule has 0 radical (unpaired) electrons. The molecule has 3 aliphatic rings. The molecule has 0 unspecified atom stereocenters. The molecule has 2 aromatic rings. The van der Waals surface area contributed by atoms with Gasteiger partial charge in [-0.25, -0.2) is 9.37 Å². The number of likely N-dealkylation sites (tertiary alicyclic amines) is 1. The van der Waals surface area contributed by atoms with Crippen LogP contribution < -0.4 is 5.32 Å². The molecule has 3 saturated heterocycles. The molecule has 0 saturated carbocycles. The molecular weight excluding hydrogens is 424 g/mol. The number of nitrogens with zero attached hydrogens (tertiary/aromatic N) is 2. The van der Waals surface area contributed by atoms with Gasteiger partial charge in [-0.3, -0.25) is 4.90 Å². The summed E-state index contributed by atoms with van der Waals surface area (Å²) >= 11 is 1.64. The maximum absolute atomic E-state index is 13.1. The molecule has 0 aliphatic carbocycles. The molecular formula is C19H24Cl2FN3O2S. The third kappa shape index (κ3) is 3.69. The van der Waals surface area contributed by atoms with Gasteiger partial charge < -0.3 is 15.2 Å². The summed E-state index contributed by atoms with van der Waals surface area (Å²) in [6.07, 6.45) is 0.144. The lowest BCUT2D eigenvalue weighted by Gasteiger charge is -2.34. The summed E-state index contributed by atoms with van der Waals surface area (Å²) < 4.78 is 19.4. The van der Waals surface area contributed by atoms with Crippen molar-refractivity contribution in [3.63, 3.8) is 0 Å². The number of fused-ring (bicyclic) bond motifs is 1. The highest BCUT2D eigenvalue weighted by molar-refractivity contribution is 7.09. The second kappa shape index (κ2) is 8.52. The first-order valence-corrected chi connectivity index (χ1v) is 9.97. The number of hydrogen-bond donors (Lipinski definition) is 2. The minimum Gasteiger partial charge on any atom is -0.396 e. The first-order chi connectivity index (χ1) is 12.7. The molecule has 1 aromatic heterocycles. The van der Waals surface area contributed by atoms with Gasteiger partial charge in [0.15, 0.2) is 0 Å². The summed E-state index contributed by atoms with van der Waals surface area (Å²) in [7, 11) is 0. The Bertz CT molecular complexity index is 809. The molecule has 154 valence electrons. The molecule has 5 rings (SSSR count). The standard InChI is InChI=1S/C19H22FN3O2S.2ClH/c20-13-3-1-12(2-4-13)16-9-26-18(22-16)7-23-6-15-14(8-24)17-5-21-10-19(15,11-23)25-17;;/h1-4,9,14-15,17,21,24H,5-8,10-11H2;2*1H/t14-,15+,17+,19+;;/m0../s1. The van der Waals surface area contributed by atoms with Gasteiger partial charge in [0.25, 0.3) is 0 Å². The van der Waals surface area contributed by atoms with Crippen LogP contribution in [0.5, 0.6) is 0 Å². The van der Waals surface area contributed by atoms with E-state index in [2.05, 4.69) is 10.2 Å². The van der Waals surface area contributed by atoms with Crippen LogP contribution in [0.2, 0.25) is 0 Å². The summed E-state index contributed by atoms with van der Waals surface area (Å²) in [5.74, 6) is 0.370. The van der Waals surface area contributed by atoms with Crippen LogP contribution in [0.1, 0.15) is 5.01 Å². The van der Waals surface area contributed by atoms with Crippen molar-refractivity contribution in [1.82, 2.24) is 15.2 Å². The Kier molecular flexibility index (Phi) is 6.66. The number of nitrogens with one attached hydrogen (secondary N) is 1. The van der Waals surface area contributed by atoms with Crippen molar-refractivity contribution in [1.29, 1.82) is 0 Å². The highest BCUT2D eigenvalue weighted by atomic mass is 35.5. The summed E-state index contributed by atoms with van der Waals surface area (Å²) in [5.41, 5.74) is 1.67. The quantitative estimate of drug-likeness (QED) is 0.753. The highest BCUT2D eigenvalue weighted by Crippen LogP contribution is 2.47. The van der Waals surface area contributed by atoms with Crippen LogP contribution in [0.4, 0.5) is 4.39 Å². The molecule has 5 nitrogen and oxygen atoms in total. The Morgan fingerprint density at radius 1 is 1.32 bits per heavy atom. The minimum absolute atomic E-state index is 0. The zero-order chi connectivity index (χ0) is 17.7. The van der Waals surface area contributed by atoms with Crippen LogP contribution in [-0.2, 0) is 11.3 Å². The fourth-order valence-corrected chi connectivity index (χ4v) is 5.69. The second-order valence-corrected chi connectivity index (χ2v) is 8.55. The SMILES string of the molecule is Cl.Cl.OC[C@H]1[C@H]2CN(Cc3nc(-c4ccc(F)cc4)cs3)C[C@]23CNC[C@H]1O3. The molecule has 4 atom stereocenters. The molecule has 3 aliphatic heterocycles. The number of thiazole rings is 1. The van der Waals surface area contributed by atoms with E-state index < -0.39 is 0 Å². The fraction of sp³-hybridized carbons (Fsp3) is 0.526. The Morgan fingerprint density at radius 3 is 2.86 bits per heavy atom. The second-order valence-electron chi connectivity index (χ2n) is 7.61. The van der Waals surface area contributed by atoms with Gasteiger partial charge in [0.2, 0.25) is 0 Å². The number of morpholine rings is 1. The Morgan fingerprint density at radius 2 is 2.11 bits per heavy atom. The monoisotopic (exact) mass is 447 g/mol. The highest BCUT2D eigenvalue weighted by Gasteiger charge is 2.60. The average molecular weight is 448 g/mol. The number of aromatic nitrogens is 1. The van der Waals surface area contributed by atoms with Crippen LogP contribution >= 0.6 is 36.2 Å². The smallest absolute Gasteiger partial charge is 0.123 e. The Balaban J connectivity index is 0.00000112. The number of benzene rings is 1. The van der Waals surface area contributed by atoms with Crippen LogP contribution in [0, 0.1) is 17.7 Å². The van der Waals surface area contributed by atoms with Gasteiger partial charge in [0, 0.05) is 55.6 Å². The number of ether oxygens (including phenoxy) is 1. The van der Waals surface area contributed by atoms with E-state index in [4.69, 9.17) is 9.72 Å². The van der Waals surface area contributed by atoms with Crippen LogP contribution in [0.25, 0.3) is 11.3 Å². The lowest BCUT2D eigenvalue weighted by Crippen LogP contribution is -2.52. The van der Waals surface area contributed by atoms with E-state index in [0.29, 0.717) is 5.92 Å². The van der Waals surface area contributed by atoms with Gasteiger partial charge in [-0.05, 0) is 24.3 Å². The number of halogens is 3. The Hall–Kier alpha value is -0.800. The molecule has 1 aromatic carbocycles. The van der Waals surface area contributed by atoms with Gasteiger partial charge >= 0.3 is 0 Å². The largest absolute Gasteiger partial charge is 0.396 e. The van der Waals surface area contributed by atoms with Crippen molar-refractivity contribution in [2.75, 3.05) is 32.8 Å². The lowest BCUT2D eigenvalue weighted by molar-refractivity contribution is -0.0746. The van der Waals surface area contributed by atoms with Crippen molar-refractivity contribution < 1.29 is 14.2 Å². The van der Waals surface area contributed by atoms with E-state index in [9.17, 15) is 9.50 Å². The normalized spacial score (nSPS) is 31.1. The lowest BCUT2D eigenvalue weighted by atomic mass is 9.83. The van der Waals surface area contributed by atoms with Gasteiger partial charge in [0.05, 0.1) is 23.9 Å². The first kappa shape index (κ1) is 21.9. The predicted octanol–water partition coefficient (Wildman–Crippen LogP) is 2.57. The van der Waals surface area contributed by atoms with Crippen molar-refractivity contribution in [2.45, 2.75) is 18.2 Å². The molecule has 2 N–H and O–H groups in total. The van der Waals surface area contributed by atoms with Crippen LogP contribution in [0.3, 0.4) is 0 Å². The van der Waals surface area contributed by atoms with Gasteiger partial charge in [-0.2, -0.15) is 0 Å². The minimum atomic E-state index is -0.232. The van der Waals surface area contributed by atoms with Crippen molar-refractivity contribution in [3.8, 4) is 11.3 Å². The van der Waals surface area contributed by atoms with E-state index in [1.807, 2.05) is 5.38 Å². The molecule has 1 spiro atoms. The summed E-state index contributed by atoms with van der Waals surface area (Å²) in [6.45, 7) is 4.50. The molecule has 9 heteroatoms. The van der Waals surface area contributed by atoms with E-state index in [-0.39, 0.29) is 54.9 Å². The third-order valence-electron chi connectivity index (χ3n) is 6.03. The molecule has 0 amide bonds. The number of hydrogen-bond acceptors (Lipinski definition) is 6. The van der Waals surface area contributed by atoms with E-state index >= 15 is 0 Å². The van der Waals surface area contributed by atoms with E-state index in [1.54, 1.807) is 23.5 Å². The molecule has 3 fully saturated rings. The molecule has 4 heterocycles. The van der Waals surface area contributed by atoms with Crippen LogP contribution in [0.15, 0.2) is 29.6 Å². The van der Waals surface area contributed by atoms with Gasteiger partial charge in [0.1, 0.15) is 10.8 Å². The summed E-state index contributed by atoms with van der Waals surface area (Å²) in [4.78, 5) is 7.13. The van der Waals surface area contributed by atoms with E-state index in [1.165, 1.54) is 12.1 Å². The summed E-state index contributed by atoms with van der Waals surface area (Å²) in [5, 5.41) is 16.4.